The number of rotatable bonds is 4. The van der Waals surface area contributed by atoms with Crippen LogP contribution in [0.25, 0.3) is 0 Å². The fraction of sp³-hybridized carbons (Fsp3) is 0.588. The monoisotopic (exact) mass is 291 g/mol. The maximum absolute atomic E-state index is 12.6. The van der Waals surface area contributed by atoms with E-state index in [1.165, 1.54) is 0 Å². The third-order valence-electron chi connectivity index (χ3n) is 4.40. The molecule has 0 radical (unpaired) electrons. The van der Waals surface area contributed by atoms with Crippen LogP contribution in [0, 0.1) is 0 Å². The number of methoxy groups -OCH3 is 1. The van der Waals surface area contributed by atoms with Gasteiger partial charge in [-0.25, -0.2) is 0 Å². The first kappa shape index (κ1) is 16.0. The van der Waals surface area contributed by atoms with E-state index in [-0.39, 0.29) is 11.8 Å². The van der Waals surface area contributed by atoms with Crippen LogP contribution in [0.5, 0.6) is 5.75 Å². The maximum Gasteiger partial charge on any atom is 0.179 e. The summed E-state index contributed by atoms with van der Waals surface area (Å²) in [6.45, 7) is 5.45. The predicted octanol–water partition coefficient (Wildman–Crippen LogP) is 2.50. The van der Waals surface area contributed by atoms with Crippen LogP contribution >= 0.6 is 0 Å². The first-order chi connectivity index (χ1) is 9.93. The summed E-state index contributed by atoms with van der Waals surface area (Å²) in [4.78, 5) is 14.7. The first-order valence-corrected chi connectivity index (χ1v) is 7.58. The van der Waals surface area contributed by atoms with Crippen molar-refractivity contribution in [3.63, 3.8) is 0 Å². The summed E-state index contributed by atoms with van der Waals surface area (Å²) in [6.07, 6.45) is 2.44. The van der Waals surface area contributed by atoms with Gasteiger partial charge >= 0.3 is 0 Å². The van der Waals surface area contributed by atoms with Gasteiger partial charge in [0.15, 0.2) is 5.78 Å². The topological polar surface area (TPSA) is 49.8 Å². The minimum atomic E-state index is -0.600. The Morgan fingerprint density at radius 1 is 1.29 bits per heavy atom. The summed E-state index contributed by atoms with van der Waals surface area (Å²) in [5.41, 5.74) is 0.108. The second-order valence-electron chi connectivity index (χ2n) is 6.16. The highest BCUT2D eigenvalue weighted by Crippen LogP contribution is 2.23. The van der Waals surface area contributed by atoms with Crippen molar-refractivity contribution in [2.24, 2.45) is 0 Å². The van der Waals surface area contributed by atoms with E-state index in [0.717, 1.165) is 31.7 Å². The second-order valence-corrected chi connectivity index (χ2v) is 6.16. The summed E-state index contributed by atoms with van der Waals surface area (Å²) in [6, 6.07) is 7.09. The van der Waals surface area contributed by atoms with Crippen LogP contribution < -0.4 is 4.74 Å². The molecule has 0 amide bonds. The van der Waals surface area contributed by atoms with Gasteiger partial charge in [0.05, 0.1) is 18.8 Å². The van der Waals surface area contributed by atoms with Crippen LogP contribution in [0.4, 0.5) is 0 Å². The Bertz CT molecular complexity index is 481. The van der Waals surface area contributed by atoms with Crippen molar-refractivity contribution in [1.82, 2.24) is 4.90 Å². The van der Waals surface area contributed by atoms with Gasteiger partial charge in [-0.15, -0.1) is 0 Å². The molecule has 1 aliphatic rings. The Morgan fingerprint density at radius 3 is 2.57 bits per heavy atom. The quantitative estimate of drug-likeness (QED) is 0.866. The lowest BCUT2D eigenvalue weighted by Crippen LogP contribution is -2.40. The molecular weight excluding hydrogens is 266 g/mol. The van der Waals surface area contributed by atoms with Gasteiger partial charge in [-0.05, 0) is 63.9 Å². The predicted molar refractivity (Wildman–Crippen MR) is 82.8 cm³/mol. The van der Waals surface area contributed by atoms with E-state index in [4.69, 9.17) is 4.74 Å². The minimum Gasteiger partial charge on any atom is -0.497 e. The van der Waals surface area contributed by atoms with Gasteiger partial charge < -0.3 is 9.84 Å². The molecule has 0 aromatic heterocycles. The van der Waals surface area contributed by atoms with Crippen molar-refractivity contribution >= 4 is 5.78 Å². The molecule has 2 atom stereocenters. The van der Waals surface area contributed by atoms with E-state index < -0.39 is 5.60 Å². The summed E-state index contributed by atoms with van der Waals surface area (Å²) in [5, 5.41) is 10.1. The molecule has 1 saturated heterocycles. The number of ether oxygens (including phenoxy) is 1. The van der Waals surface area contributed by atoms with Crippen molar-refractivity contribution < 1.29 is 14.6 Å². The van der Waals surface area contributed by atoms with E-state index in [2.05, 4.69) is 4.90 Å². The van der Waals surface area contributed by atoms with Gasteiger partial charge in [0.25, 0.3) is 0 Å². The molecule has 116 valence electrons. The van der Waals surface area contributed by atoms with Gasteiger partial charge in [-0.3, -0.25) is 9.69 Å². The fourth-order valence-corrected chi connectivity index (χ4v) is 2.83. The van der Waals surface area contributed by atoms with Crippen LogP contribution in [0.2, 0.25) is 0 Å². The number of carbonyl (C=O) groups is 1. The largest absolute Gasteiger partial charge is 0.497 e. The molecule has 1 N–H and O–H groups in total. The van der Waals surface area contributed by atoms with Gasteiger partial charge in [-0.2, -0.15) is 0 Å². The summed E-state index contributed by atoms with van der Waals surface area (Å²) < 4.78 is 5.12. The summed E-state index contributed by atoms with van der Waals surface area (Å²) in [5.74, 6) is 0.879. The van der Waals surface area contributed by atoms with E-state index in [1.807, 2.05) is 38.1 Å². The Morgan fingerprint density at radius 2 is 1.95 bits per heavy atom. The number of likely N-dealkylation sites (tertiary alicyclic amines) is 1. The Hall–Kier alpha value is -1.39. The maximum atomic E-state index is 12.6. The lowest BCUT2D eigenvalue weighted by molar-refractivity contribution is 0.0427. The number of hydrogen-bond acceptors (Lipinski definition) is 4. The zero-order chi connectivity index (χ0) is 15.5. The average molecular weight is 291 g/mol. The second kappa shape index (κ2) is 6.58. The molecule has 1 heterocycles. The number of carbonyl (C=O) groups excluding carboxylic acids is 1. The van der Waals surface area contributed by atoms with Crippen LogP contribution in [-0.2, 0) is 0 Å². The third kappa shape index (κ3) is 4.05. The molecule has 0 spiro atoms. The van der Waals surface area contributed by atoms with Crippen molar-refractivity contribution in [3.05, 3.63) is 29.8 Å². The lowest BCUT2D eigenvalue weighted by Gasteiger charge is -2.27. The van der Waals surface area contributed by atoms with Crippen LogP contribution in [0.15, 0.2) is 24.3 Å². The zero-order valence-corrected chi connectivity index (χ0v) is 13.1. The molecule has 0 bridgehead atoms. The summed E-state index contributed by atoms with van der Waals surface area (Å²) >= 11 is 0. The molecule has 1 aliphatic heterocycles. The van der Waals surface area contributed by atoms with E-state index in [9.17, 15) is 9.90 Å². The van der Waals surface area contributed by atoms with Gasteiger partial charge in [0, 0.05) is 12.1 Å². The number of ketones is 1. The lowest BCUT2D eigenvalue weighted by atomic mass is 9.98. The Kier molecular flexibility index (Phi) is 5.01. The molecule has 2 rings (SSSR count). The minimum absolute atomic E-state index is 0.124. The highest BCUT2D eigenvalue weighted by molar-refractivity contribution is 5.99. The highest BCUT2D eigenvalue weighted by Gasteiger charge is 2.29. The molecule has 2 unspecified atom stereocenters. The first-order valence-electron chi connectivity index (χ1n) is 7.58. The smallest absolute Gasteiger partial charge is 0.179 e. The van der Waals surface area contributed by atoms with Gasteiger partial charge in [0.1, 0.15) is 5.75 Å². The molecule has 4 nitrogen and oxygen atoms in total. The Labute approximate surface area is 126 Å². The van der Waals surface area contributed by atoms with Crippen LogP contribution in [0.3, 0.4) is 0 Å². The molecule has 21 heavy (non-hydrogen) atoms. The molecule has 4 heteroatoms. The molecule has 0 aliphatic carbocycles. The molecule has 1 fully saturated rings. The van der Waals surface area contributed by atoms with Crippen LogP contribution in [-0.4, -0.2) is 47.6 Å². The standard InChI is InChI=1S/C17H25NO3/c1-13(18-11-4-9-17(2,20)10-12-18)16(19)14-5-7-15(21-3)8-6-14/h5-8,13,20H,4,9-12H2,1-3H3. The fourth-order valence-electron chi connectivity index (χ4n) is 2.83. The zero-order valence-electron chi connectivity index (χ0n) is 13.1. The number of hydrogen-bond donors (Lipinski definition) is 1. The number of Topliss-reactive ketones (excluding diaryl/α,β-unsaturated/α-hetero) is 1. The average Bonchev–Trinajstić information content (AvgIpc) is 2.66. The van der Waals surface area contributed by atoms with Crippen molar-refractivity contribution in [3.8, 4) is 5.75 Å². The van der Waals surface area contributed by atoms with E-state index >= 15 is 0 Å². The third-order valence-corrected chi connectivity index (χ3v) is 4.40. The SMILES string of the molecule is COc1ccc(C(=O)C(C)N2CCCC(C)(O)CC2)cc1. The van der Waals surface area contributed by atoms with Crippen molar-refractivity contribution in [2.45, 2.75) is 44.8 Å². The van der Waals surface area contributed by atoms with Gasteiger partial charge in [0.2, 0.25) is 0 Å². The normalized spacial score (nSPS) is 25.1. The summed E-state index contributed by atoms with van der Waals surface area (Å²) in [7, 11) is 1.61. The van der Waals surface area contributed by atoms with Crippen LogP contribution in [0.1, 0.15) is 43.5 Å². The van der Waals surface area contributed by atoms with E-state index in [0.29, 0.717) is 12.0 Å². The van der Waals surface area contributed by atoms with E-state index in [1.54, 1.807) is 7.11 Å². The van der Waals surface area contributed by atoms with Crippen molar-refractivity contribution in [1.29, 1.82) is 0 Å². The van der Waals surface area contributed by atoms with Gasteiger partial charge in [-0.1, -0.05) is 0 Å². The molecule has 1 aromatic carbocycles. The molecular formula is C17H25NO3. The van der Waals surface area contributed by atoms with Crippen molar-refractivity contribution in [2.75, 3.05) is 20.2 Å². The highest BCUT2D eigenvalue weighted by atomic mass is 16.5. The molecule has 0 saturated carbocycles. The number of aliphatic hydroxyl groups is 1. The number of benzene rings is 1. The Balaban J connectivity index is 2.04. The number of nitrogens with zero attached hydrogens (tertiary/aromatic N) is 1. The molecule has 1 aromatic rings.